The van der Waals surface area contributed by atoms with Crippen molar-refractivity contribution in [1.29, 1.82) is 0 Å². The molecule has 0 radical (unpaired) electrons. The molecule has 3 aromatic heterocycles. The average molecular weight is 477 g/mol. The summed E-state index contributed by atoms with van der Waals surface area (Å²) in [6, 6.07) is 11.8. The molecule has 0 atom stereocenters. The van der Waals surface area contributed by atoms with Crippen molar-refractivity contribution in [3.8, 4) is 0 Å². The van der Waals surface area contributed by atoms with Crippen molar-refractivity contribution in [1.82, 2.24) is 28.2 Å². The Morgan fingerprint density at radius 1 is 0.971 bits per heavy atom. The molecule has 0 bridgehead atoms. The maximum absolute atomic E-state index is 13.1. The summed E-state index contributed by atoms with van der Waals surface area (Å²) in [6.45, 7) is 2.70. The molecule has 34 heavy (non-hydrogen) atoms. The van der Waals surface area contributed by atoms with Crippen LogP contribution in [0, 0.1) is 0 Å². The normalized spacial score (nSPS) is 11.7. The third-order valence-electron chi connectivity index (χ3n) is 6.06. The molecule has 9 nitrogen and oxygen atoms in total. The minimum absolute atomic E-state index is 0.0625. The van der Waals surface area contributed by atoms with Crippen LogP contribution < -0.4 is 16.8 Å². The van der Waals surface area contributed by atoms with E-state index in [1.165, 1.54) is 27.2 Å². The second kappa shape index (κ2) is 8.60. The molecule has 0 aliphatic heterocycles. The first-order valence-corrected chi connectivity index (χ1v) is 12.1. The molecule has 5 rings (SSSR count). The van der Waals surface area contributed by atoms with Crippen LogP contribution in [-0.4, -0.2) is 34.0 Å². The summed E-state index contributed by atoms with van der Waals surface area (Å²) >= 11 is 1.46. The van der Waals surface area contributed by atoms with Crippen LogP contribution in [0.5, 0.6) is 0 Å². The molecule has 0 saturated carbocycles. The van der Waals surface area contributed by atoms with Crippen LogP contribution in [0.25, 0.3) is 32.8 Å². The average Bonchev–Trinajstić information content (AvgIpc) is 3.23. The van der Waals surface area contributed by atoms with E-state index in [2.05, 4.69) is 4.98 Å². The van der Waals surface area contributed by atoms with Gasteiger partial charge in [0.1, 0.15) is 0 Å². The molecule has 0 amide bonds. The summed E-state index contributed by atoms with van der Waals surface area (Å²) in [5, 5.41) is 3.28. The van der Waals surface area contributed by atoms with Crippen molar-refractivity contribution in [2.45, 2.75) is 31.6 Å². The van der Waals surface area contributed by atoms with Gasteiger partial charge < -0.3 is 4.57 Å². The molecule has 0 aliphatic carbocycles. The SMILES string of the molecule is CCn1c(SCCCn2c(=O)c3c(ncn3C)n(C)c2=O)nc2cc3ccccc3cc2c1=O. The molecule has 174 valence electrons. The molecule has 0 spiro atoms. The quantitative estimate of drug-likeness (QED) is 0.162. The highest BCUT2D eigenvalue weighted by molar-refractivity contribution is 7.99. The van der Waals surface area contributed by atoms with Crippen LogP contribution in [-0.2, 0) is 27.2 Å². The minimum Gasteiger partial charge on any atom is -0.328 e. The topological polar surface area (TPSA) is 96.7 Å². The van der Waals surface area contributed by atoms with Crippen LogP contribution in [0.15, 0.2) is 62.3 Å². The summed E-state index contributed by atoms with van der Waals surface area (Å²) in [4.78, 5) is 47.6. The number of rotatable bonds is 6. The number of benzene rings is 2. The highest BCUT2D eigenvalue weighted by atomic mass is 32.2. The smallest absolute Gasteiger partial charge is 0.328 e. The molecule has 0 saturated heterocycles. The molecular formula is C24H24N6O3S. The van der Waals surface area contributed by atoms with Crippen molar-refractivity contribution in [3.05, 3.63) is 73.9 Å². The van der Waals surface area contributed by atoms with Crippen LogP contribution in [0.1, 0.15) is 13.3 Å². The van der Waals surface area contributed by atoms with Gasteiger partial charge in [0, 0.05) is 32.9 Å². The third-order valence-corrected chi connectivity index (χ3v) is 7.12. The Morgan fingerprint density at radius 2 is 1.71 bits per heavy atom. The zero-order valence-corrected chi connectivity index (χ0v) is 20.0. The monoisotopic (exact) mass is 476 g/mol. The molecule has 10 heteroatoms. The highest BCUT2D eigenvalue weighted by Gasteiger charge is 2.15. The number of nitrogens with zero attached hydrogens (tertiary/aromatic N) is 6. The lowest BCUT2D eigenvalue weighted by atomic mass is 10.1. The van der Waals surface area contributed by atoms with Crippen LogP contribution in [0.2, 0.25) is 0 Å². The highest BCUT2D eigenvalue weighted by Crippen LogP contribution is 2.23. The van der Waals surface area contributed by atoms with E-state index in [1.807, 2.05) is 43.3 Å². The zero-order chi connectivity index (χ0) is 24.0. The maximum Gasteiger partial charge on any atom is 0.332 e. The number of aryl methyl sites for hydroxylation is 2. The van der Waals surface area contributed by atoms with Gasteiger partial charge >= 0.3 is 5.69 Å². The number of imidazole rings is 1. The van der Waals surface area contributed by atoms with Crippen molar-refractivity contribution in [2.75, 3.05) is 5.75 Å². The van der Waals surface area contributed by atoms with Crippen LogP contribution in [0.4, 0.5) is 0 Å². The molecular weight excluding hydrogens is 452 g/mol. The number of aromatic nitrogens is 6. The van der Waals surface area contributed by atoms with E-state index >= 15 is 0 Å². The van der Waals surface area contributed by atoms with Gasteiger partial charge in [0.25, 0.3) is 11.1 Å². The molecule has 3 heterocycles. The predicted octanol–water partition coefficient (Wildman–Crippen LogP) is 2.50. The van der Waals surface area contributed by atoms with Gasteiger partial charge in [0.15, 0.2) is 16.3 Å². The van der Waals surface area contributed by atoms with Gasteiger partial charge in [-0.1, -0.05) is 36.0 Å². The van der Waals surface area contributed by atoms with Gasteiger partial charge in [-0.25, -0.2) is 14.8 Å². The minimum atomic E-state index is -0.387. The fourth-order valence-electron chi connectivity index (χ4n) is 4.26. The first-order valence-electron chi connectivity index (χ1n) is 11.1. The van der Waals surface area contributed by atoms with Gasteiger partial charge in [0.05, 0.1) is 17.2 Å². The standard InChI is InChI=1S/C24H24N6O3S/c1-4-29-21(31)17-12-15-8-5-6-9-16(15)13-18(17)26-23(29)34-11-7-10-30-22(32)19-20(25-14-27(19)2)28(3)24(30)33/h5-6,8-9,12-14H,4,7,10-11H2,1-3H3. The molecule has 0 fully saturated rings. The molecule has 0 unspecified atom stereocenters. The van der Waals surface area contributed by atoms with E-state index in [9.17, 15) is 14.4 Å². The summed E-state index contributed by atoms with van der Waals surface area (Å²) in [7, 11) is 3.35. The number of thioether (sulfide) groups is 1. The fourth-order valence-corrected chi connectivity index (χ4v) is 5.24. The number of hydrogen-bond acceptors (Lipinski definition) is 6. The zero-order valence-electron chi connectivity index (χ0n) is 19.2. The Labute approximate surface area is 198 Å². The molecule has 0 aliphatic rings. The molecule has 5 aromatic rings. The van der Waals surface area contributed by atoms with Crippen LogP contribution >= 0.6 is 11.8 Å². The lowest BCUT2D eigenvalue weighted by Crippen LogP contribution is -2.39. The van der Waals surface area contributed by atoms with E-state index in [-0.39, 0.29) is 23.4 Å². The Hall–Kier alpha value is -3.66. The van der Waals surface area contributed by atoms with Gasteiger partial charge in [-0.2, -0.15) is 0 Å². The Kier molecular flexibility index (Phi) is 5.60. The molecule has 2 aromatic carbocycles. The Balaban J connectivity index is 1.42. The maximum atomic E-state index is 13.1. The van der Waals surface area contributed by atoms with E-state index in [1.54, 1.807) is 23.2 Å². The van der Waals surface area contributed by atoms with Gasteiger partial charge in [-0.05, 0) is 36.2 Å². The third kappa shape index (κ3) is 3.54. The fraction of sp³-hybridized carbons (Fsp3) is 0.292. The largest absolute Gasteiger partial charge is 0.332 e. The summed E-state index contributed by atoms with van der Waals surface area (Å²) in [5.74, 6) is 0.602. The van der Waals surface area contributed by atoms with Crippen molar-refractivity contribution >= 4 is 44.6 Å². The number of hydrogen-bond donors (Lipinski definition) is 0. The van der Waals surface area contributed by atoms with Gasteiger partial charge in [-0.3, -0.25) is 23.3 Å². The lowest BCUT2D eigenvalue weighted by Gasteiger charge is -2.12. The van der Waals surface area contributed by atoms with Crippen LogP contribution in [0.3, 0.4) is 0 Å². The van der Waals surface area contributed by atoms with Gasteiger partial charge in [0.2, 0.25) is 0 Å². The van der Waals surface area contributed by atoms with Crippen molar-refractivity contribution in [2.24, 2.45) is 14.1 Å². The van der Waals surface area contributed by atoms with Crippen molar-refractivity contribution in [3.63, 3.8) is 0 Å². The summed E-state index contributed by atoms with van der Waals surface area (Å²) in [6.07, 6.45) is 2.10. The lowest BCUT2D eigenvalue weighted by molar-refractivity contribution is 0.592. The summed E-state index contributed by atoms with van der Waals surface area (Å²) in [5.41, 5.74) is 0.655. The molecule has 0 N–H and O–H groups in total. The summed E-state index contributed by atoms with van der Waals surface area (Å²) < 4.78 is 5.95. The van der Waals surface area contributed by atoms with E-state index in [4.69, 9.17) is 4.98 Å². The predicted molar refractivity (Wildman–Crippen MR) is 135 cm³/mol. The Morgan fingerprint density at radius 3 is 2.44 bits per heavy atom. The van der Waals surface area contributed by atoms with E-state index in [0.29, 0.717) is 45.9 Å². The number of fused-ring (bicyclic) bond motifs is 3. The second-order valence-electron chi connectivity index (χ2n) is 8.19. The Bertz CT molecular complexity index is 1740. The first-order chi connectivity index (χ1) is 16.4. The van der Waals surface area contributed by atoms with Gasteiger partial charge in [-0.15, -0.1) is 0 Å². The van der Waals surface area contributed by atoms with E-state index in [0.717, 1.165) is 10.8 Å². The van der Waals surface area contributed by atoms with E-state index < -0.39 is 0 Å². The second-order valence-corrected chi connectivity index (χ2v) is 9.25. The first kappa shape index (κ1) is 22.1. The van der Waals surface area contributed by atoms with Crippen molar-refractivity contribution < 1.29 is 0 Å².